The summed E-state index contributed by atoms with van der Waals surface area (Å²) < 4.78 is 0. The Kier molecular flexibility index (Phi) is 4.59. The first kappa shape index (κ1) is 11.7. The third kappa shape index (κ3) is 3.94. The van der Waals surface area contributed by atoms with Crippen LogP contribution in [0.4, 0.5) is 0 Å². The molecule has 0 aliphatic carbocycles. The van der Waals surface area contributed by atoms with Crippen molar-refractivity contribution in [1.29, 1.82) is 0 Å². The molecule has 0 aliphatic heterocycles. The predicted molar refractivity (Wildman–Crippen MR) is 52.9 cm³/mol. The molecule has 12 heavy (non-hydrogen) atoms. The summed E-state index contributed by atoms with van der Waals surface area (Å²) >= 11 is 3.97. The average Bonchev–Trinajstić information content (AvgIpc) is 2.02. The monoisotopic (exact) mass is 191 g/mol. The molecular weight excluding hydrogens is 174 g/mol. The van der Waals surface area contributed by atoms with Crippen LogP contribution in [0.3, 0.4) is 0 Å². The highest BCUT2D eigenvalue weighted by atomic mass is 32.1. The van der Waals surface area contributed by atoms with Crippen molar-refractivity contribution in [2.75, 3.05) is 19.5 Å². The normalized spacial score (nSPS) is 15.4. The summed E-state index contributed by atoms with van der Waals surface area (Å²) in [6.45, 7) is 2.07. The quantitative estimate of drug-likeness (QED) is 0.410. The first-order valence-corrected chi connectivity index (χ1v) is 4.40. The third-order valence-electron chi connectivity index (χ3n) is 1.66. The van der Waals surface area contributed by atoms with E-state index in [1.807, 2.05) is 0 Å². The summed E-state index contributed by atoms with van der Waals surface area (Å²) in [5.41, 5.74) is 10.5. The standard InChI is InChI=1S/C7H17N3OS/c1-7(9,4-8)3-6(11)10(2)5-12/h12H,3-5,8-9H2,1-2H3. The molecule has 0 saturated heterocycles. The van der Waals surface area contributed by atoms with Gasteiger partial charge in [-0.2, -0.15) is 12.6 Å². The van der Waals surface area contributed by atoms with Gasteiger partial charge in [0.2, 0.25) is 5.91 Å². The molecular formula is C7H17N3OS. The minimum absolute atomic E-state index is 0.0274. The van der Waals surface area contributed by atoms with Gasteiger partial charge in [-0.25, -0.2) is 0 Å². The molecule has 0 saturated carbocycles. The Balaban J connectivity index is 4.00. The first-order valence-electron chi connectivity index (χ1n) is 3.76. The Bertz CT molecular complexity index is 161. The SMILES string of the molecule is CN(CS)C(=O)CC(C)(N)CN. The van der Waals surface area contributed by atoms with Gasteiger partial charge in [-0.05, 0) is 6.92 Å². The van der Waals surface area contributed by atoms with Crippen molar-refractivity contribution in [3.8, 4) is 0 Å². The molecule has 5 heteroatoms. The van der Waals surface area contributed by atoms with Crippen molar-refractivity contribution in [2.45, 2.75) is 18.9 Å². The number of hydrogen-bond acceptors (Lipinski definition) is 4. The number of nitrogens with zero attached hydrogens (tertiary/aromatic N) is 1. The van der Waals surface area contributed by atoms with Crippen molar-refractivity contribution in [3.63, 3.8) is 0 Å². The van der Waals surface area contributed by atoms with E-state index in [9.17, 15) is 4.79 Å². The second-order valence-corrected chi connectivity index (χ2v) is 3.55. The second-order valence-electron chi connectivity index (χ2n) is 3.27. The Morgan fingerprint density at radius 1 is 1.67 bits per heavy atom. The zero-order valence-electron chi connectivity index (χ0n) is 7.58. The maximum Gasteiger partial charge on any atom is 0.224 e. The third-order valence-corrected chi connectivity index (χ3v) is 2.08. The highest BCUT2D eigenvalue weighted by molar-refractivity contribution is 7.80. The van der Waals surface area contributed by atoms with Crippen molar-refractivity contribution < 1.29 is 4.79 Å². The lowest BCUT2D eigenvalue weighted by Gasteiger charge is -2.24. The number of thiol groups is 1. The van der Waals surface area contributed by atoms with Gasteiger partial charge in [0.25, 0.3) is 0 Å². The fourth-order valence-corrected chi connectivity index (χ4v) is 0.789. The topological polar surface area (TPSA) is 72.3 Å². The van der Waals surface area contributed by atoms with Gasteiger partial charge >= 0.3 is 0 Å². The van der Waals surface area contributed by atoms with Gasteiger partial charge in [-0.1, -0.05) is 0 Å². The number of carbonyl (C=O) groups is 1. The Morgan fingerprint density at radius 3 is 2.50 bits per heavy atom. The summed E-state index contributed by atoms with van der Waals surface area (Å²) in [4.78, 5) is 12.8. The van der Waals surface area contributed by atoms with Gasteiger partial charge in [0, 0.05) is 25.6 Å². The van der Waals surface area contributed by atoms with Crippen LogP contribution in [0.15, 0.2) is 0 Å². The number of rotatable bonds is 4. The van der Waals surface area contributed by atoms with Crippen LogP contribution >= 0.6 is 12.6 Å². The lowest BCUT2D eigenvalue weighted by atomic mass is 9.99. The summed E-state index contributed by atoms with van der Waals surface area (Å²) in [6, 6.07) is 0. The van der Waals surface area contributed by atoms with Gasteiger partial charge in [0.15, 0.2) is 0 Å². The average molecular weight is 191 g/mol. The Labute approximate surface area is 78.7 Å². The van der Waals surface area contributed by atoms with Crippen LogP contribution in [0, 0.1) is 0 Å². The van der Waals surface area contributed by atoms with Crippen LogP contribution in [0.5, 0.6) is 0 Å². The Morgan fingerprint density at radius 2 is 2.17 bits per heavy atom. The molecule has 0 rings (SSSR count). The fourth-order valence-electron chi connectivity index (χ4n) is 0.631. The maximum atomic E-state index is 11.3. The van der Waals surface area contributed by atoms with Gasteiger partial charge < -0.3 is 16.4 Å². The molecule has 72 valence electrons. The van der Waals surface area contributed by atoms with Crippen LogP contribution < -0.4 is 11.5 Å². The molecule has 0 aliphatic rings. The molecule has 0 aromatic heterocycles. The highest BCUT2D eigenvalue weighted by Crippen LogP contribution is 2.05. The molecule has 0 bridgehead atoms. The zero-order chi connectivity index (χ0) is 9.78. The fraction of sp³-hybridized carbons (Fsp3) is 0.857. The summed E-state index contributed by atoms with van der Waals surface area (Å²) in [7, 11) is 1.68. The van der Waals surface area contributed by atoms with Crippen LogP contribution in [0.2, 0.25) is 0 Å². The van der Waals surface area contributed by atoms with Crippen molar-refractivity contribution in [2.24, 2.45) is 11.5 Å². The zero-order valence-corrected chi connectivity index (χ0v) is 8.47. The van der Waals surface area contributed by atoms with E-state index in [0.29, 0.717) is 12.4 Å². The second kappa shape index (κ2) is 4.69. The van der Waals surface area contributed by atoms with Gasteiger partial charge in [0.1, 0.15) is 0 Å². The van der Waals surface area contributed by atoms with Crippen molar-refractivity contribution in [1.82, 2.24) is 4.90 Å². The first-order chi connectivity index (χ1) is 5.43. The van der Waals surface area contributed by atoms with Crippen LogP contribution in [-0.4, -0.2) is 35.8 Å². The molecule has 4 N–H and O–H groups in total. The van der Waals surface area contributed by atoms with E-state index in [-0.39, 0.29) is 12.3 Å². The number of nitrogens with two attached hydrogens (primary N) is 2. The molecule has 0 spiro atoms. The molecule has 0 fully saturated rings. The van der Waals surface area contributed by atoms with Crippen molar-refractivity contribution in [3.05, 3.63) is 0 Å². The lowest BCUT2D eigenvalue weighted by Crippen LogP contribution is -2.47. The molecule has 0 aromatic rings. The molecule has 0 heterocycles. The molecule has 1 unspecified atom stereocenters. The highest BCUT2D eigenvalue weighted by Gasteiger charge is 2.22. The molecule has 1 amide bonds. The van der Waals surface area contributed by atoms with Gasteiger partial charge in [0.05, 0.1) is 5.88 Å². The summed E-state index contributed by atoms with van der Waals surface area (Å²) in [6.07, 6.45) is 0.264. The van der Waals surface area contributed by atoms with Gasteiger partial charge in [-0.3, -0.25) is 4.79 Å². The van der Waals surface area contributed by atoms with E-state index in [2.05, 4.69) is 12.6 Å². The number of amides is 1. The van der Waals surface area contributed by atoms with E-state index in [1.54, 1.807) is 14.0 Å². The minimum atomic E-state index is -0.603. The number of carbonyl (C=O) groups excluding carboxylic acids is 1. The van der Waals surface area contributed by atoms with E-state index in [0.717, 1.165) is 0 Å². The smallest absolute Gasteiger partial charge is 0.224 e. The van der Waals surface area contributed by atoms with E-state index in [4.69, 9.17) is 11.5 Å². The largest absolute Gasteiger partial charge is 0.337 e. The lowest BCUT2D eigenvalue weighted by molar-refractivity contribution is -0.130. The summed E-state index contributed by atoms with van der Waals surface area (Å²) in [5.74, 6) is 0.375. The summed E-state index contributed by atoms with van der Waals surface area (Å²) in [5, 5.41) is 0. The molecule has 4 nitrogen and oxygen atoms in total. The maximum absolute atomic E-state index is 11.3. The molecule has 0 aromatic carbocycles. The number of hydrogen-bond donors (Lipinski definition) is 3. The Hall–Kier alpha value is -0.260. The van der Waals surface area contributed by atoms with E-state index >= 15 is 0 Å². The van der Waals surface area contributed by atoms with Gasteiger partial charge in [-0.15, -0.1) is 0 Å². The van der Waals surface area contributed by atoms with E-state index < -0.39 is 5.54 Å². The predicted octanol–water partition coefficient (Wildman–Crippen LogP) is -0.602. The van der Waals surface area contributed by atoms with Crippen LogP contribution in [0.25, 0.3) is 0 Å². The van der Waals surface area contributed by atoms with E-state index in [1.165, 1.54) is 4.90 Å². The van der Waals surface area contributed by atoms with Crippen LogP contribution in [-0.2, 0) is 4.79 Å². The molecule has 0 radical (unpaired) electrons. The van der Waals surface area contributed by atoms with Crippen molar-refractivity contribution >= 4 is 18.5 Å². The van der Waals surface area contributed by atoms with Crippen LogP contribution in [0.1, 0.15) is 13.3 Å². The molecule has 1 atom stereocenters. The minimum Gasteiger partial charge on any atom is -0.337 e.